The quantitative estimate of drug-likeness (QED) is 0.937. The molecule has 2 unspecified atom stereocenters. The number of nitrogens with two attached hydrogens (primary N) is 1. The molecule has 2 atom stereocenters. The zero-order chi connectivity index (χ0) is 14.3. The number of methoxy groups -OCH3 is 1. The standard InChI is InChI=1S/C14H18FN3O2/c1-8(12-4-3-5-20-12)18-11-7-13(19-2)9(15)6-10(11)17-14(18)16/h6-8,12H,3-5H2,1-2H3,(H2,16,17). The molecule has 1 aromatic carbocycles. The fraction of sp³-hybridized carbons (Fsp3) is 0.500. The third kappa shape index (κ3) is 2.00. The fourth-order valence-electron chi connectivity index (χ4n) is 2.85. The van der Waals surface area contributed by atoms with Crippen LogP contribution >= 0.6 is 0 Å². The summed E-state index contributed by atoms with van der Waals surface area (Å²) in [4.78, 5) is 4.23. The van der Waals surface area contributed by atoms with E-state index in [1.807, 2.05) is 11.5 Å². The molecule has 1 aliphatic heterocycles. The average Bonchev–Trinajstić information content (AvgIpc) is 3.03. The second-order valence-corrected chi connectivity index (χ2v) is 5.11. The van der Waals surface area contributed by atoms with Crippen molar-refractivity contribution in [2.45, 2.75) is 31.9 Å². The summed E-state index contributed by atoms with van der Waals surface area (Å²) in [7, 11) is 1.44. The first-order valence-corrected chi connectivity index (χ1v) is 6.74. The molecule has 2 N–H and O–H groups in total. The molecule has 1 aromatic heterocycles. The maximum absolute atomic E-state index is 13.7. The average molecular weight is 279 g/mol. The van der Waals surface area contributed by atoms with E-state index in [2.05, 4.69) is 4.98 Å². The SMILES string of the molecule is COc1cc2c(cc1F)nc(N)n2C(C)C1CCCO1. The number of hydrogen-bond donors (Lipinski definition) is 1. The van der Waals surface area contributed by atoms with Crippen LogP contribution in [0.5, 0.6) is 5.75 Å². The van der Waals surface area contributed by atoms with Gasteiger partial charge in [-0.1, -0.05) is 0 Å². The number of nitrogen functional groups attached to an aromatic ring is 1. The molecule has 2 aromatic rings. The Hall–Kier alpha value is -1.82. The summed E-state index contributed by atoms with van der Waals surface area (Å²) in [5, 5.41) is 0. The van der Waals surface area contributed by atoms with Crippen molar-refractivity contribution in [1.82, 2.24) is 9.55 Å². The largest absolute Gasteiger partial charge is 0.494 e. The van der Waals surface area contributed by atoms with Gasteiger partial charge in [0, 0.05) is 18.7 Å². The molecule has 0 amide bonds. The van der Waals surface area contributed by atoms with Crippen LogP contribution in [0, 0.1) is 5.82 Å². The second-order valence-electron chi connectivity index (χ2n) is 5.11. The number of halogens is 1. The van der Waals surface area contributed by atoms with E-state index < -0.39 is 5.82 Å². The fourth-order valence-corrected chi connectivity index (χ4v) is 2.85. The van der Waals surface area contributed by atoms with Crippen LogP contribution in [0.2, 0.25) is 0 Å². The van der Waals surface area contributed by atoms with Crippen LogP contribution in [0.4, 0.5) is 10.3 Å². The predicted molar refractivity (Wildman–Crippen MR) is 74.3 cm³/mol. The molecule has 108 valence electrons. The number of benzene rings is 1. The summed E-state index contributed by atoms with van der Waals surface area (Å²) in [6.45, 7) is 2.82. The van der Waals surface area contributed by atoms with Gasteiger partial charge < -0.3 is 19.8 Å². The van der Waals surface area contributed by atoms with E-state index in [4.69, 9.17) is 15.2 Å². The number of aromatic nitrogens is 2. The van der Waals surface area contributed by atoms with E-state index in [1.165, 1.54) is 13.2 Å². The molecule has 0 spiro atoms. The van der Waals surface area contributed by atoms with E-state index in [1.54, 1.807) is 6.07 Å². The van der Waals surface area contributed by atoms with Crippen molar-refractivity contribution in [2.75, 3.05) is 19.5 Å². The Morgan fingerprint density at radius 1 is 1.55 bits per heavy atom. The summed E-state index contributed by atoms with van der Waals surface area (Å²) in [5.74, 6) is 0.128. The maximum Gasteiger partial charge on any atom is 0.201 e. The zero-order valence-corrected chi connectivity index (χ0v) is 11.6. The van der Waals surface area contributed by atoms with Gasteiger partial charge in [0.1, 0.15) is 0 Å². The molecule has 0 saturated carbocycles. The van der Waals surface area contributed by atoms with Crippen LogP contribution < -0.4 is 10.5 Å². The van der Waals surface area contributed by atoms with E-state index in [9.17, 15) is 4.39 Å². The van der Waals surface area contributed by atoms with Crippen molar-refractivity contribution in [2.24, 2.45) is 0 Å². The maximum atomic E-state index is 13.7. The molecule has 1 fully saturated rings. The van der Waals surface area contributed by atoms with Crippen molar-refractivity contribution in [3.05, 3.63) is 17.9 Å². The molecule has 0 bridgehead atoms. The van der Waals surface area contributed by atoms with Crippen molar-refractivity contribution in [3.63, 3.8) is 0 Å². The minimum atomic E-state index is -0.436. The Morgan fingerprint density at radius 2 is 2.35 bits per heavy atom. The number of nitrogens with zero attached hydrogens (tertiary/aromatic N) is 2. The lowest BCUT2D eigenvalue weighted by Crippen LogP contribution is -2.22. The molecule has 1 saturated heterocycles. The highest BCUT2D eigenvalue weighted by Crippen LogP contribution is 2.32. The van der Waals surface area contributed by atoms with Gasteiger partial charge in [0.2, 0.25) is 5.95 Å². The number of ether oxygens (including phenoxy) is 2. The van der Waals surface area contributed by atoms with Gasteiger partial charge in [0.25, 0.3) is 0 Å². The lowest BCUT2D eigenvalue weighted by atomic mass is 10.1. The number of hydrogen-bond acceptors (Lipinski definition) is 4. The van der Waals surface area contributed by atoms with Crippen LogP contribution in [0.25, 0.3) is 11.0 Å². The third-order valence-corrected chi connectivity index (χ3v) is 3.90. The molecule has 0 aliphatic carbocycles. The van der Waals surface area contributed by atoms with Crippen LogP contribution in [0.1, 0.15) is 25.8 Å². The van der Waals surface area contributed by atoms with Gasteiger partial charge in [-0.3, -0.25) is 0 Å². The second kappa shape index (κ2) is 4.94. The lowest BCUT2D eigenvalue weighted by Gasteiger charge is -2.22. The summed E-state index contributed by atoms with van der Waals surface area (Å²) in [6, 6.07) is 3.04. The van der Waals surface area contributed by atoms with E-state index in [0.717, 1.165) is 25.0 Å². The minimum Gasteiger partial charge on any atom is -0.494 e. The minimum absolute atomic E-state index is 0.0534. The zero-order valence-electron chi connectivity index (χ0n) is 11.6. The molecule has 0 radical (unpaired) electrons. The molecular formula is C14H18FN3O2. The highest BCUT2D eigenvalue weighted by Gasteiger charge is 2.27. The normalized spacial score (nSPS) is 20.4. The molecule has 5 nitrogen and oxygen atoms in total. The highest BCUT2D eigenvalue weighted by molar-refractivity contribution is 5.80. The monoisotopic (exact) mass is 279 g/mol. The Morgan fingerprint density at radius 3 is 3.00 bits per heavy atom. The van der Waals surface area contributed by atoms with Crippen molar-refractivity contribution in [1.29, 1.82) is 0 Å². The van der Waals surface area contributed by atoms with Crippen molar-refractivity contribution in [3.8, 4) is 5.75 Å². The topological polar surface area (TPSA) is 62.3 Å². The van der Waals surface area contributed by atoms with Gasteiger partial charge in [-0.25, -0.2) is 9.37 Å². The van der Waals surface area contributed by atoms with Crippen molar-refractivity contribution < 1.29 is 13.9 Å². The first kappa shape index (κ1) is 13.2. The van der Waals surface area contributed by atoms with Crippen molar-refractivity contribution >= 4 is 17.0 Å². The third-order valence-electron chi connectivity index (χ3n) is 3.90. The van der Waals surface area contributed by atoms with E-state index in [-0.39, 0.29) is 17.9 Å². The van der Waals surface area contributed by atoms with Gasteiger partial charge in [0.05, 0.1) is 30.3 Å². The molecule has 1 aliphatic rings. The Labute approximate surface area is 116 Å². The number of fused-ring (bicyclic) bond motifs is 1. The van der Waals surface area contributed by atoms with E-state index in [0.29, 0.717) is 11.5 Å². The van der Waals surface area contributed by atoms with Crippen LogP contribution in [-0.4, -0.2) is 29.4 Å². The van der Waals surface area contributed by atoms with Crippen LogP contribution in [0.3, 0.4) is 0 Å². The van der Waals surface area contributed by atoms with Gasteiger partial charge in [-0.2, -0.15) is 0 Å². The lowest BCUT2D eigenvalue weighted by molar-refractivity contribution is 0.0751. The first-order valence-electron chi connectivity index (χ1n) is 6.74. The summed E-state index contributed by atoms with van der Waals surface area (Å²) in [6.07, 6.45) is 2.17. The first-order chi connectivity index (χ1) is 9.61. The highest BCUT2D eigenvalue weighted by atomic mass is 19.1. The van der Waals surface area contributed by atoms with Gasteiger partial charge >= 0.3 is 0 Å². The Bertz CT molecular complexity index is 635. The molecule has 20 heavy (non-hydrogen) atoms. The summed E-state index contributed by atoms with van der Waals surface area (Å²) >= 11 is 0. The molecule has 6 heteroatoms. The molecule has 2 heterocycles. The smallest absolute Gasteiger partial charge is 0.201 e. The van der Waals surface area contributed by atoms with Crippen LogP contribution in [-0.2, 0) is 4.74 Å². The summed E-state index contributed by atoms with van der Waals surface area (Å²) < 4.78 is 26.4. The van der Waals surface area contributed by atoms with Gasteiger partial charge in [0.15, 0.2) is 11.6 Å². The van der Waals surface area contributed by atoms with Gasteiger partial charge in [-0.05, 0) is 19.8 Å². The Kier molecular flexibility index (Phi) is 3.25. The molecular weight excluding hydrogens is 261 g/mol. The summed E-state index contributed by atoms with van der Waals surface area (Å²) in [5.41, 5.74) is 7.30. The predicted octanol–water partition coefficient (Wildman–Crippen LogP) is 2.51. The number of imidazole rings is 1. The van der Waals surface area contributed by atoms with E-state index >= 15 is 0 Å². The Balaban J connectivity index is 2.11. The number of rotatable bonds is 3. The van der Waals surface area contributed by atoms with Crippen LogP contribution in [0.15, 0.2) is 12.1 Å². The van der Waals surface area contributed by atoms with Gasteiger partial charge in [-0.15, -0.1) is 0 Å². The number of anilines is 1. The molecule has 3 rings (SSSR count).